The van der Waals surface area contributed by atoms with E-state index >= 15 is 0 Å². The van der Waals surface area contributed by atoms with Gasteiger partial charge in [0.15, 0.2) is 0 Å². The van der Waals surface area contributed by atoms with Crippen LogP contribution in [0.25, 0.3) is 0 Å². The molecular weight excluding hydrogens is 306 g/mol. The number of esters is 1. The Bertz CT molecular complexity index is 755. The van der Waals surface area contributed by atoms with Crippen molar-refractivity contribution in [2.24, 2.45) is 0 Å². The second-order valence-electron chi connectivity index (χ2n) is 5.69. The molecule has 5 nitrogen and oxygen atoms in total. The minimum atomic E-state index is -0.976. The third-order valence-corrected chi connectivity index (χ3v) is 3.99. The van der Waals surface area contributed by atoms with Gasteiger partial charge in [-0.3, -0.25) is 5.32 Å². The summed E-state index contributed by atoms with van der Waals surface area (Å²) in [5.74, 6) is -1.36. The van der Waals surface area contributed by atoms with Crippen molar-refractivity contribution in [3.8, 4) is 0 Å². The molecule has 0 aromatic heterocycles. The molecule has 2 aromatic rings. The van der Waals surface area contributed by atoms with Crippen molar-refractivity contribution in [2.45, 2.75) is 26.4 Å². The highest BCUT2D eigenvalue weighted by Crippen LogP contribution is 2.19. The van der Waals surface area contributed by atoms with Crippen LogP contribution in [0.4, 0.5) is 0 Å². The van der Waals surface area contributed by atoms with E-state index in [9.17, 15) is 9.59 Å². The van der Waals surface area contributed by atoms with Gasteiger partial charge in [0.05, 0.1) is 12.7 Å². The molecule has 1 atom stereocenters. The molecule has 0 fully saturated rings. The molecule has 1 unspecified atom stereocenters. The number of hydrogen-bond acceptors (Lipinski definition) is 4. The van der Waals surface area contributed by atoms with E-state index in [1.807, 2.05) is 38.1 Å². The minimum Gasteiger partial charge on any atom is -0.478 e. The van der Waals surface area contributed by atoms with E-state index in [4.69, 9.17) is 9.84 Å². The maximum Gasteiger partial charge on any atom is 0.335 e. The van der Waals surface area contributed by atoms with Crippen LogP contribution in [0.2, 0.25) is 0 Å². The number of carbonyl (C=O) groups is 2. The van der Waals surface area contributed by atoms with Crippen LogP contribution in [0.1, 0.15) is 38.7 Å². The number of carboxylic acids is 1. The zero-order valence-electron chi connectivity index (χ0n) is 14.0. The molecule has 0 saturated heterocycles. The lowest BCUT2D eigenvalue weighted by Crippen LogP contribution is -2.29. The summed E-state index contributed by atoms with van der Waals surface area (Å²) in [6, 6.07) is 11.8. The van der Waals surface area contributed by atoms with E-state index in [-0.39, 0.29) is 11.5 Å². The fourth-order valence-electron chi connectivity index (χ4n) is 2.43. The Morgan fingerprint density at radius 3 is 2.50 bits per heavy atom. The van der Waals surface area contributed by atoms with Crippen molar-refractivity contribution in [1.29, 1.82) is 0 Å². The molecule has 0 radical (unpaired) electrons. The fraction of sp³-hybridized carbons (Fsp3) is 0.263. The van der Waals surface area contributed by atoms with Crippen LogP contribution in [-0.4, -0.2) is 24.2 Å². The first-order valence-corrected chi connectivity index (χ1v) is 7.63. The van der Waals surface area contributed by atoms with Gasteiger partial charge in [0.25, 0.3) is 0 Å². The molecule has 0 bridgehead atoms. The van der Waals surface area contributed by atoms with Crippen molar-refractivity contribution in [3.63, 3.8) is 0 Å². The Kier molecular flexibility index (Phi) is 5.71. The highest BCUT2D eigenvalue weighted by molar-refractivity contribution is 5.87. The van der Waals surface area contributed by atoms with Gasteiger partial charge in [-0.25, -0.2) is 9.59 Å². The number of hydrogen-bond donors (Lipinski definition) is 2. The summed E-state index contributed by atoms with van der Waals surface area (Å²) in [7, 11) is 1.35. The van der Waals surface area contributed by atoms with E-state index in [0.29, 0.717) is 6.54 Å². The highest BCUT2D eigenvalue weighted by Gasteiger charge is 2.21. The smallest absolute Gasteiger partial charge is 0.335 e. The van der Waals surface area contributed by atoms with Crippen LogP contribution in [0, 0.1) is 13.8 Å². The van der Waals surface area contributed by atoms with E-state index < -0.39 is 12.0 Å². The van der Waals surface area contributed by atoms with Gasteiger partial charge in [-0.05, 0) is 48.2 Å². The summed E-state index contributed by atoms with van der Waals surface area (Å²) in [5.41, 5.74) is 4.06. The molecule has 0 saturated carbocycles. The van der Waals surface area contributed by atoms with Gasteiger partial charge in [0.1, 0.15) is 6.04 Å². The van der Waals surface area contributed by atoms with Crippen molar-refractivity contribution >= 4 is 11.9 Å². The number of benzene rings is 2. The monoisotopic (exact) mass is 327 g/mol. The van der Waals surface area contributed by atoms with Crippen LogP contribution in [0.3, 0.4) is 0 Å². The number of ether oxygens (including phenoxy) is 1. The first-order chi connectivity index (χ1) is 11.4. The molecule has 0 heterocycles. The van der Waals surface area contributed by atoms with Crippen LogP contribution in [-0.2, 0) is 16.1 Å². The lowest BCUT2D eigenvalue weighted by Gasteiger charge is -2.18. The summed E-state index contributed by atoms with van der Waals surface area (Å²) in [4.78, 5) is 23.2. The maximum atomic E-state index is 12.1. The normalized spacial score (nSPS) is 11.8. The van der Waals surface area contributed by atoms with Gasteiger partial charge >= 0.3 is 11.9 Å². The van der Waals surface area contributed by atoms with E-state index in [0.717, 1.165) is 22.3 Å². The number of carboxylic acid groups (broad SMARTS) is 1. The van der Waals surface area contributed by atoms with Crippen molar-refractivity contribution in [2.75, 3.05) is 7.11 Å². The molecule has 2 rings (SSSR count). The van der Waals surface area contributed by atoms with Crippen LogP contribution >= 0.6 is 0 Å². The maximum absolute atomic E-state index is 12.1. The van der Waals surface area contributed by atoms with Gasteiger partial charge in [-0.15, -0.1) is 0 Å². The second-order valence-corrected chi connectivity index (χ2v) is 5.69. The van der Waals surface area contributed by atoms with Crippen LogP contribution in [0.15, 0.2) is 42.5 Å². The number of rotatable bonds is 6. The number of aromatic carboxylic acids is 1. The molecule has 126 valence electrons. The highest BCUT2D eigenvalue weighted by atomic mass is 16.5. The zero-order chi connectivity index (χ0) is 17.7. The second kappa shape index (κ2) is 7.75. The third kappa shape index (κ3) is 4.20. The Balaban J connectivity index is 2.20. The summed E-state index contributed by atoms with van der Waals surface area (Å²) in [6.45, 7) is 4.36. The molecule has 0 aliphatic heterocycles. The van der Waals surface area contributed by atoms with Gasteiger partial charge in [0.2, 0.25) is 0 Å². The molecule has 0 spiro atoms. The predicted molar refractivity (Wildman–Crippen MR) is 90.9 cm³/mol. The molecule has 0 amide bonds. The predicted octanol–water partition coefficient (Wildman–Crippen LogP) is 3.01. The number of aryl methyl sites for hydroxylation is 2. The lowest BCUT2D eigenvalue weighted by molar-refractivity contribution is -0.143. The molecule has 2 aromatic carbocycles. The SMILES string of the molecule is COC(=O)C(NCc1cccc(C(=O)O)c1)c1ccc(C)c(C)c1. The lowest BCUT2D eigenvalue weighted by atomic mass is 10.0. The van der Waals surface area contributed by atoms with Gasteiger partial charge in [-0.1, -0.05) is 30.3 Å². The summed E-state index contributed by atoms with van der Waals surface area (Å²) < 4.78 is 4.89. The summed E-state index contributed by atoms with van der Waals surface area (Å²) in [5, 5.41) is 12.2. The van der Waals surface area contributed by atoms with Crippen molar-refractivity contribution in [3.05, 3.63) is 70.3 Å². The fourth-order valence-corrected chi connectivity index (χ4v) is 2.43. The average molecular weight is 327 g/mol. The Morgan fingerprint density at radius 1 is 1.12 bits per heavy atom. The van der Waals surface area contributed by atoms with Gasteiger partial charge in [-0.2, -0.15) is 0 Å². The van der Waals surface area contributed by atoms with Crippen LogP contribution < -0.4 is 5.32 Å². The molecule has 0 aliphatic carbocycles. The Hall–Kier alpha value is -2.66. The van der Waals surface area contributed by atoms with Crippen molar-refractivity contribution in [1.82, 2.24) is 5.32 Å². The average Bonchev–Trinajstić information content (AvgIpc) is 2.58. The number of carbonyl (C=O) groups excluding carboxylic acids is 1. The summed E-state index contributed by atoms with van der Waals surface area (Å²) >= 11 is 0. The first-order valence-electron chi connectivity index (χ1n) is 7.63. The molecule has 0 aliphatic rings. The Labute approximate surface area is 141 Å². The van der Waals surface area contributed by atoms with Crippen LogP contribution in [0.5, 0.6) is 0 Å². The standard InChI is InChI=1S/C19H21NO4/c1-12-7-8-15(9-13(12)2)17(19(23)24-3)20-11-14-5-4-6-16(10-14)18(21)22/h4-10,17,20H,11H2,1-3H3,(H,21,22). The van der Waals surface area contributed by atoms with Gasteiger partial charge in [0, 0.05) is 6.54 Å². The Morgan fingerprint density at radius 2 is 1.88 bits per heavy atom. The third-order valence-electron chi connectivity index (χ3n) is 3.99. The van der Waals surface area contributed by atoms with Crippen molar-refractivity contribution < 1.29 is 19.4 Å². The van der Waals surface area contributed by atoms with E-state index in [2.05, 4.69) is 5.32 Å². The zero-order valence-corrected chi connectivity index (χ0v) is 14.0. The van der Waals surface area contributed by atoms with E-state index in [1.165, 1.54) is 13.2 Å². The first kappa shape index (κ1) is 17.7. The quantitative estimate of drug-likeness (QED) is 0.798. The molecular formula is C19H21NO4. The van der Waals surface area contributed by atoms with Gasteiger partial charge < -0.3 is 9.84 Å². The number of methoxy groups -OCH3 is 1. The largest absolute Gasteiger partial charge is 0.478 e. The minimum absolute atomic E-state index is 0.218. The molecule has 2 N–H and O–H groups in total. The molecule has 5 heteroatoms. The topological polar surface area (TPSA) is 75.6 Å². The van der Waals surface area contributed by atoms with E-state index in [1.54, 1.807) is 12.1 Å². The summed E-state index contributed by atoms with van der Waals surface area (Å²) in [6.07, 6.45) is 0. The number of nitrogens with one attached hydrogen (secondary N) is 1. The molecule has 24 heavy (non-hydrogen) atoms.